The molecule has 0 atom stereocenters. The Kier molecular flexibility index (Phi) is 5.38. The van der Waals surface area contributed by atoms with E-state index < -0.39 is 0 Å². The van der Waals surface area contributed by atoms with Gasteiger partial charge in [-0.05, 0) is 31.2 Å². The maximum Gasteiger partial charge on any atom is 0.159 e. The first-order valence-corrected chi connectivity index (χ1v) is 12.7. The topological polar surface area (TPSA) is 108 Å². The number of hydrogen-bond donors (Lipinski definition) is 3. The molecule has 0 aliphatic carbocycles. The number of aryl methyl sites for hydroxylation is 1. The number of aromatic nitrogens is 7. The summed E-state index contributed by atoms with van der Waals surface area (Å²) >= 11 is 1.73. The van der Waals surface area contributed by atoms with Crippen molar-refractivity contribution in [2.24, 2.45) is 5.41 Å². The van der Waals surface area contributed by atoms with E-state index in [1.807, 2.05) is 18.3 Å². The smallest absolute Gasteiger partial charge is 0.159 e. The lowest BCUT2D eigenvalue weighted by Crippen LogP contribution is -2.15. The number of pyridine rings is 3. The molecule has 6 rings (SSSR count). The molecule has 37 heavy (non-hydrogen) atoms. The van der Waals surface area contributed by atoms with Gasteiger partial charge in [-0.1, -0.05) is 27.4 Å². The summed E-state index contributed by atoms with van der Waals surface area (Å²) in [6.45, 7) is 12.6. The van der Waals surface area contributed by atoms with Gasteiger partial charge in [0.25, 0.3) is 0 Å². The number of nitrogens with one attached hydrogen (secondary N) is 3. The zero-order chi connectivity index (χ0) is 25.7. The summed E-state index contributed by atoms with van der Waals surface area (Å²) in [6.07, 6.45) is 9.05. The number of rotatable bonds is 5. The summed E-state index contributed by atoms with van der Waals surface area (Å²) in [5.41, 5.74) is 7.71. The summed E-state index contributed by atoms with van der Waals surface area (Å²) in [5, 5.41) is 12.0. The van der Waals surface area contributed by atoms with Gasteiger partial charge in [0.1, 0.15) is 11.2 Å². The number of imidazole rings is 1. The van der Waals surface area contributed by atoms with Crippen LogP contribution in [0.1, 0.15) is 25.6 Å². The molecule has 0 saturated heterocycles. The zero-order valence-electron chi connectivity index (χ0n) is 21.0. The summed E-state index contributed by atoms with van der Waals surface area (Å²) in [4.78, 5) is 24.2. The van der Waals surface area contributed by atoms with Gasteiger partial charge < -0.3 is 10.3 Å². The molecule has 6 aromatic rings. The van der Waals surface area contributed by atoms with E-state index in [0.717, 1.165) is 60.7 Å². The van der Waals surface area contributed by atoms with Crippen LogP contribution >= 0.6 is 11.3 Å². The summed E-state index contributed by atoms with van der Waals surface area (Å²) in [5.74, 6) is 0.677. The zero-order valence-corrected chi connectivity index (χ0v) is 21.9. The Hall–Kier alpha value is -4.37. The summed E-state index contributed by atoms with van der Waals surface area (Å²) in [6, 6.07) is 8.27. The maximum absolute atomic E-state index is 4.94. The number of hydrogen-bond acceptors (Lipinski definition) is 7. The Morgan fingerprint density at radius 2 is 1.84 bits per heavy atom. The van der Waals surface area contributed by atoms with Gasteiger partial charge in [-0.3, -0.25) is 20.1 Å². The molecule has 8 nitrogen and oxygen atoms in total. The monoisotopic (exact) mass is 506 g/mol. The first-order chi connectivity index (χ1) is 17.8. The number of H-pyrrole nitrogens is 2. The van der Waals surface area contributed by atoms with Crippen LogP contribution in [-0.2, 0) is 0 Å². The van der Waals surface area contributed by atoms with Gasteiger partial charge in [-0.15, -0.1) is 11.3 Å². The highest BCUT2D eigenvalue weighted by Gasteiger charge is 2.18. The molecule has 6 heterocycles. The number of fused-ring (bicyclic) bond motifs is 2. The molecule has 0 fully saturated rings. The molecular weight excluding hydrogens is 480 g/mol. The fraction of sp³-hybridized carbons (Fsp3) is 0.179. The Bertz CT molecular complexity index is 1780. The number of aromatic amines is 2. The third kappa shape index (κ3) is 4.27. The van der Waals surface area contributed by atoms with E-state index in [-0.39, 0.29) is 5.41 Å². The lowest BCUT2D eigenvalue weighted by molar-refractivity contribution is 0.509. The van der Waals surface area contributed by atoms with Gasteiger partial charge in [0.2, 0.25) is 0 Å². The Balaban J connectivity index is 1.40. The van der Waals surface area contributed by atoms with Crippen LogP contribution in [0.3, 0.4) is 0 Å². The fourth-order valence-electron chi connectivity index (χ4n) is 4.07. The Labute approximate surface area is 218 Å². The van der Waals surface area contributed by atoms with Crippen LogP contribution in [0.25, 0.3) is 55.2 Å². The van der Waals surface area contributed by atoms with E-state index in [0.29, 0.717) is 5.82 Å². The molecule has 0 saturated carbocycles. The average molecular weight is 507 g/mol. The second kappa shape index (κ2) is 8.63. The molecule has 9 heteroatoms. The largest absolute Gasteiger partial charge is 0.358 e. The standard InChI is InChI=1S/C28H26N8S/c1-15-6-7-24(37-15)20-12-30-13-23-25(20)34-27(33-23)26-19-9-21(31-14-22(19)35-36-26)17-8-18(11-29-10-17)32-16(2)28(3,4)5/h6-14,32H,2H2,1,3-5H3,(H,33,34)(H,35,36). The minimum absolute atomic E-state index is 0.0663. The minimum atomic E-state index is -0.0663. The van der Waals surface area contributed by atoms with E-state index in [1.165, 1.54) is 4.88 Å². The fourth-order valence-corrected chi connectivity index (χ4v) is 4.95. The third-order valence-electron chi connectivity index (χ3n) is 6.31. The molecule has 0 aromatic carbocycles. The quantitative estimate of drug-likeness (QED) is 0.233. The van der Waals surface area contributed by atoms with Crippen LogP contribution in [0.15, 0.2) is 67.5 Å². The third-order valence-corrected chi connectivity index (χ3v) is 7.34. The van der Waals surface area contributed by atoms with Crippen molar-refractivity contribution in [3.05, 3.63) is 72.4 Å². The van der Waals surface area contributed by atoms with Crippen molar-refractivity contribution in [2.75, 3.05) is 5.32 Å². The molecule has 0 radical (unpaired) electrons. The van der Waals surface area contributed by atoms with Crippen molar-refractivity contribution < 1.29 is 0 Å². The van der Waals surface area contributed by atoms with Gasteiger partial charge in [0.05, 0.1) is 41.0 Å². The molecule has 0 unspecified atom stereocenters. The van der Waals surface area contributed by atoms with Gasteiger partial charge in [0.15, 0.2) is 5.82 Å². The molecule has 6 aromatic heterocycles. The first-order valence-electron chi connectivity index (χ1n) is 11.9. The Morgan fingerprint density at radius 1 is 1.00 bits per heavy atom. The molecule has 0 bridgehead atoms. The van der Waals surface area contributed by atoms with Crippen molar-refractivity contribution in [3.8, 4) is 33.2 Å². The van der Waals surface area contributed by atoms with Crippen molar-refractivity contribution in [3.63, 3.8) is 0 Å². The maximum atomic E-state index is 4.94. The first kappa shape index (κ1) is 23.1. The second-order valence-electron chi connectivity index (χ2n) is 10.1. The van der Waals surface area contributed by atoms with Gasteiger partial charge >= 0.3 is 0 Å². The van der Waals surface area contributed by atoms with E-state index in [9.17, 15) is 0 Å². The normalized spacial score (nSPS) is 11.9. The van der Waals surface area contributed by atoms with E-state index >= 15 is 0 Å². The molecule has 0 spiro atoms. The van der Waals surface area contributed by atoms with E-state index in [4.69, 9.17) is 4.98 Å². The number of anilines is 1. The predicted molar refractivity (Wildman–Crippen MR) is 150 cm³/mol. The number of thiophene rings is 1. The molecule has 0 aliphatic rings. The molecule has 3 N–H and O–H groups in total. The number of allylic oxidation sites excluding steroid dienone is 1. The Morgan fingerprint density at radius 3 is 2.62 bits per heavy atom. The number of nitrogens with zero attached hydrogens (tertiary/aromatic N) is 5. The van der Waals surface area contributed by atoms with Crippen LogP contribution in [0, 0.1) is 12.3 Å². The van der Waals surface area contributed by atoms with Gasteiger partial charge in [0, 0.05) is 49.8 Å². The lowest BCUT2D eigenvalue weighted by atomic mass is 9.93. The average Bonchev–Trinajstić information content (AvgIpc) is 3.60. The molecule has 0 aliphatic heterocycles. The summed E-state index contributed by atoms with van der Waals surface area (Å²) in [7, 11) is 0. The predicted octanol–water partition coefficient (Wildman–Crippen LogP) is 6.97. The van der Waals surface area contributed by atoms with Crippen LogP contribution in [0.4, 0.5) is 5.69 Å². The van der Waals surface area contributed by atoms with Crippen LogP contribution in [-0.4, -0.2) is 35.1 Å². The summed E-state index contributed by atoms with van der Waals surface area (Å²) < 4.78 is 0. The van der Waals surface area contributed by atoms with Crippen LogP contribution in [0.5, 0.6) is 0 Å². The van der Waals surface area contributed by atoms with Crippen molar-refractivity contribution in [1.82, 2.24) is 35.1 Å². The van der Waals surface area contributed by atoms with Gasteiger partial charge in [-0.25, -0.2) is 4.98 Å². The minimum Gasteiger partial charge on any atom is -0.358 e. The highest BCUT2D eigenvalue weighted by Crippen LogP contribution is 2.35. The second-order valence-corrected chi connectivity index (χ2v) is 11.4. The highest BCUT2D eigenvalue weighted by atomic mass is 32.1. The van der Waals surface area contributed by atoms with Crippen LogP contribution < -0.4 is 5.32 Å². The SMILES string of the molecule is C=C(Nc1cncc(-c2cc3c(-c4nc5c(-c6ccc(C)s6)cncc5[nH]4)n[nH]c3cn2)c1)C(C)(C)C. The highest BCUT2D eigenvalue weighted by molar-refractivity contribution is 7.15. The van der Waals surface area contributed by atoms with Crippen LogP contribution in [0.2, 0.25) is 0 Å². The van der Waals surface area contributed by atoms with Crippen molar-refractivity contribution in [2.45, 2.75) is 27.7 Å². The molecule has 184 valence electrons. The van der Waals surface area contributed by atoms with Gasteiger partial charge in [-0.2, -0.15) is 5.10 Å². The van der Waals surface area contributed by atoms with E-state index in [2.05, 4.69) is 81.9 Å². The molecular formula is C28H26N8S. The van der Waals surface area contributed by atoms with E-state index in [1.54, 1.807) is 36.1 Å². The lowest BCUT2D eigenvalue weighted by Gasteiger charge is -2.23. The molecule has 0 amide bonds. The van der Waals surface area contributed by atoms with Crippen molar-refractivity contribution in [1.29, 1.82) is 0 Å². The van der Waals surface area contributed by atoms with Crippen molar-refractivity contribution >= 4 is 39.0 Å².